The van der Waals surface area contributed by atoms with Gasteiger partial charge < -0.3 is 9.64 Å². The van der Waals surface area contributed by atoms with E-state index >= 15 is 0 Å². The van der Waals surface area contributed by atoms with Crippen LogP contribution in [0.25, 0.3) is 0 Å². The Kier molecular flexibility index (Phi) is 4.57. The van der Waals surface area contributed by atoms with Crippen LogP contribution in [0.4, 0.5) is 5.69 Å². The lowest BCUT2D eigenvalue weighted by molar-refractivity contribution is -0.125. The first-order chi connectivity index (χ1) is 9.81. The number of hydrogen-bond acceptors (Lipinski definition) is 3. The highest BCUT2D eigenvalue weighted by atomic mass is 35.5. The van der Waals surface area contributed by atoms with Crippen molar-refractivity contribution in [1.82, 2.24) is 0 Å². The van der Waals surface area contributed by atoms with Gasteiger partial charge >= 0.3 is 0 Å². The summed E-state index contributed by atoms with van der Waals surface area (Å²) in [6, 6.07) is 5.12. The second-order valence-electron chi connectivity index (χ2n) is 5.77. The van der Waals surface area contributed by atoms with E-state index in [-0.39, 0.29) is 11.7 Å². The van der Waals surface area contributed by atoms with Crippen LogP contribution in [0.3, 0.4) is 0 Å². The second-order valence-corrected chi connectivity index (χ2v) is 6.42. The van der Waals surface area contributed by atoms with Crippen molar-refractivity contribution in [2.45, 2.75) is 39.2 Å². The number of ether oxygens (including phenoxy) is 1. The maximum Gasteiger partial charge on any atom is 0.267 e. The number of ketones is 1. The fourth-order valence-electron chi connectivity index (χ4n) is 2.34. The van der Waals surface area contributed by atoms with Gasteiger partial charge in [0.1, 0.15) is 5.75 Å². The lowest BCUT2D eigenvalue weighted by atomic mass is 10.0. The van der Waals surface area contributed by atoms with Gasteiger partial charge in [-0.3, -0.25) is 9.59 Å². The molecule has 1 heterocycles. The average molecular weight is 310 g/mol. The molecule has 0 N–H and O–H groups in total. The van der Waals surface area contributed by atoms with Crippen molar-refractivity contribution in [1.29, 1.82) is 0 Å². The number of alkyl halides is 1. The number of nitrogens with zero attached hydrogens (tertiary/aromatic N) is 1. The third-order valence-corrected chi connectivity index (χ3v) is 3.56. The predicted octanol–water partition coefficient (Wildman–Crippen LogP) is 3.27. The average Bonchev–Trinajstić information content (AvgIpc) is 2.42. The Morgan fingerprint density at radius 2 is 2.05 bits per heavy atom. The Balaban J connectivity index is 2.45. The van der Waals surface area contributed by atoms with Crippen molar-refractivity contribution >= 4 is 29.0 Å². The number of carbonyl (C=O) groups is 2. The zero-order chi connectivity index (χ0) is 15.7. The van der Waals surface area contributed by atoms with Crippen LogP contribution in [0.1, 0.15) is 38.1 Å². The molecule has 0 saturated heterocycles. The van der Waals surface area contributed by atoms with Crippen molar-refractivity contribution < 1.29 is 14.3 Å². The minimum Gasteiger partial charge on any atom is -0.479 e. The van der Waals surface area contributed by atoms with Crippen molar-refractivity contribution in [2.75, 3.05) is 11.4 Å². The molecule has 114 valence electrons. The molecule has 1 aliphatic rings. The van der Waals surface area contributed by atoms with E-state index in [2.05, 4.69) is 0 Å². The van der Waals surface area contributed by atoms with Gasteiger partial charge in [0.2, 0.25) is 0 Å². The lowest BCUT2D eigenvalue weighted by Crippen LogP contribution is -2.46. The molecule has 1 aromatic carbocycles. The Labute approximate surface area is 130 Å². The lowest BCUT2D eigenvalue weighted by Gasteiger charge is -2.34. The van der Waals surface area contributed by atoms with Gasteiger partial charge in [-0.2, -0.15) is 0 Å². The first-order valence-electron chi connectivity index (χ1n) is 7.11. The number of anilines is 1. The number of amides is 1. The molecule has 1 amide bonds. The highest BCUT2D eigenvalue weighted by molar-refractivity contribution is 6.33. The molecule has 1 aromatic rings. The van der Waals surface area contributed by atoms with Crippen LogP contribution >= 0.6 is 11.6 Å². The topological polar surface area (TPSA) is 46.6 Å². The molecule has 0 radical (unpaired) electrons. The number of carbonyl (C=O) groups excluding carboxylic acids is 2. The van der Waals surface area contributed by atoms with Gasteiger partial charge in [-0.1, -0.05) is 13.8 Å². The van der Waals surface area contributed by atoms with E-state index in [0.717, 1.165) is 0 Å². The third kappa shape index (κ3) is 3.21. The molecule has 2 atom stereocenters. The van der Waals surface area contributed by atoms with Gasteiger partial charge in [0.15, 0.2) is 11.9 Å². The molecular weight excluding hydrogens is 290 g/mol. The van der Waals surface area contributed by atoms with Gasteiger partial charge in [-0.25, -0.2) is 0 Å². The van der Waals surface area contributed by atoms with Gasteiger partial charge in [0.25, 0.3) is 5.91 Å². The molecule has 2 unspecified atom stereocenters. The first kappa shape index (κ1) is 15.8. The Hall–Kier alpha value is -1.55. The molecule has 2 rings (SSSR count). The standard InChI is InChI=1S/C16H20ClNO3/c1-9(2)8-18-13-7-12(15(19)10(3)17)5-6-14(13)21-11(4)16(18)20/h5-7,9-11H,8H2,1-4H3. The van der Waals surface area contributed by atoms with E-state index in [4.69, 9.17) is 16.3 Å². The molecular formula is C16H20ClNO3. The minimum absolute atomic E-state index is 0.0836. The summed E-state index contributed by atoms with van der Waals surface area (Å²) in [6.45, 7) is 8.05. The van der Waals surface area contributed by atoms with Crippen molar-refractivity contribution in [3.05, 3.63) is 23.8 Å². The predicted molar refractivity (Wildman–Crippen MR) is 83.4 cm³/mol. The summed E-state index contributed by atoms with van der Waals surface area (Å²) in [7, 11) is 0. The Bertz CT molecular complexity index is 569. The summed E-state index contributed by atoms with van der Waals surface area (Å²) in [4.78, 5) is 26.1. The van der Waals surface area contributed by atoms with Crippen molar-refractivity contribution in [3.63, 3.8) is 0 Å². The smallest absolute Gasteiger partial charge is 0.267 e. The van der Waals surface area contributed by atoms with Gasteiger partial charge in [-0.05, 0) is 38.0 Å². The molecule has 0 saturated carbocycles. The summed E-state index contributed by atoms with van der Waals surface area (Å²) < 4.78 is 5.62. The van der Waals surface area contributed by atoms with E-state index in [1.54, 1.807) is 36.9 Å². The van der Waals surface area contributed by atoms with Crippen molar-refractivity contribution in [3.8, 4) is 5.75 Å². The fourth-order valence-corrected chi connectivity index (χ4v) is 2.47. The summed E-state index contributed by atoms with van der Waals surface area (Å²) in [6.07, 6.45) is -0.509. The maximum atomic E-state index is 12.3. The molecule has 21 heavy (non-hydrogen) atoms. The van der Waals surface area contributed by atoms with E-state index in [0.29, 0.717) is 29.5 Å². The van der Waals surface area contributed by atoms with Crippen LogP contribution in [0.2, 0.25) is 0 Å². The van der Waals surface area contributed by atoms with E-state index in [1.165, 1.54) is 0 Å². The molecule has 5 heteroatoms. The summed E-state index contributed by atoms with van der Waals surface area (Å²) >= 11 is 5.86. The van der Waals surface area contributed by atoms with E-state index in [9.17, 15) is 9.59 Å². The third-order valence-electron chi connectivity index (χ3n) is 3.36. The van der Waals surface area contributed by atoms with E-state index < -0.39 is 11.5 Å². The van der Waals surface area contributed by atoms with Crippen LogP contribution in [0, 0.1) is 5.92 Å². The number of benzene rings is 1. The normalized spacial score (nSPS) is 19.2. The Morgan fingerprint density at radius 1 is 1.38 bits per heavy atom. The molecule has 0 bridgehead atoms. The molecule has 0 fully saturated rings. The minimum atomic E-state index is -0.597. The van der Waals surface area contributed by atoms with Crippen LogP contribution < -0.4 is 9.64 Å². The Morgan fingerprint density at radius 3 is 2.62 bits per heavy atom. The fraction of sp³-hybridized carbons (Fsp3) is 0.500. The summed E-state index contributed by atoms with van der Waals surface area (Å²) in [5, 5.41) is -0.597. The molecule has 0 aromatic heterocycles. The highest BCUT2D eigenvalue weighted by Gasteiger charge is 2.32. The quantitative estimate of drug-likeness (QED) is 0.633. The second kappa shape index (κ2) is 6.06. The monoisotopic (exact) mass is 309 g/mol. The number of Topliss-reactive ketones (excluding diaryl/α,β-unsaturated/α-hetero) is 1. The summed E-state index contributed by atoms with van der Waals surface area (Å²) in [5.41, 5.74) is 1.14. The summed E-state index contributed by atoms with van der Waals surface area (Å²) in [5.74, 6) is 0.703. The maximum absolute atomic E-state index is 12.3. The van der Waals surface area contributed by atoms with Gasteiger partial charge in [0.05, 0.1) is 11.1 Å². The zero-order valence-corrected chi connectivity index (χ0v) is 13.5. The first-order valence-corrected chi connectivity index (χ1v) is 7.55. The van der Waals surface area contributed by atoms with E-state index in [1.807, 2.05) is 13.8 Å². The molecule has 4 nitrogen and oxygen atoms in total. The SMILES string of the molecule is CC(C)CN1C(=O)C(C)Oc2ccc(C(=O)C(C)Cl)cc21. The highest BCUT2D eigenvalue weighted by Crippen LogP contribution is 2.35. The van der Waals surface area contributed by atoms with Crippen LogP contribution in [-0.2, 0) is 4.79 Å². The molecule has 0 aliphatic carbocycles. The van der Waals surface area contributed by atoms with Gasteiger partial charge in [-0.15, -0.1) is 11.6 Å². The van der Waals surface area contributed by atoms with Crippen molar-refractivity contribution in [2.24, 2.45) is 5.92 Å². The van der Waals surface area contributed by atoms with Crippen LogP contribution in [0.15, 0.2) is 18.2 Å². The largest absolute Gasteiger partial charge is 0.479 e. The number of rotatable bonds is 4. The zero-order valence-electron chi connectivity index (χ0n) is 12.7. The van der Waals surface area contributed by atoms with Crippen LogP contribution in [0.5, 0.6) is 5.75 Å². The molecule has 1 aliphatic heterocycles. The molecule has 0 spiro atoms. The number of fused-ring (bicyclic) bond motifs is 1. The number of hydrogen-bond donors (Lipinski definition) is 0. The van der Waals surface area contributed by atoms with Crippen LogP contribution in [-0.4, -0.2) is 29.7 Å². The number of halogens is 1. The van der Waals surface area contributed by atoms with Gasteiger partial charge in [0, 0.05) is 12.1 Å².